The fraction of sp³-hybridized carbons (Fsp3) is 0.385. The molecule has 1 aromatic carbocycles. The lowest BCUT2D eigenvalue weighted by atomic mass is 10.0. The van der Waals surface area contributed by atoms with Gasteiger partial charge in [-0.05, 0) is 38.3 Å². The molecule has 1 aromatic rings. The monoisotopic (exact) mass is 232 g/mol. The Morgan fingerprint density at radius 2 is 1.94 bits per heavy atom. The highest BCUT2D eigenvalue weighted by Crippen LogP contribution is 2.46. The summed E-state index contributed by atoms with van der Waals surface area (Å²) in [4.78, 5) is 23.2. The molecule has 0 aliphatic heterocycles. The highest BCUT2D eigenvalue weighted by Gasteiger charge is 2.55. The van der Waals surface area contributed by atoms with E-state index < -0.39 is 11.3 Å². The van der Waals surface area contributed by atoms with Gasteiger partial charge in [-0.3, -0.25) is 9.59 Å². The molecular formula is C13H16N2O2. The number of benzene rings is 1. The molecule has 1 fully saturated rings. The zero-order valence-corrected chi connectivity index (χ0v) is 10.0. The van der Waals surface area contributed by atoms with Crippen molar-refractivity contribution in [2.24, 2.45) is 11.1 Å². The quantitative estimate of drug-likeness (QED) is 0.775. The molecule has 0 radical (unpaired) electrons. The zero-order chi connectivity index (χ0) is 12.6. The molecule has 0 aromatic heterocycles. The van der Waals surface area contributed by atoms with Gasteiger partial charge in [0.05, 0.1) is 0 Å². The second-order valence-electron chi connectivity index (χ2n) is 4.72. The second-order valence-corrected chi connectivity index (χ2v) is 4.72. The van der Waals surface area contributed by atoms with Gasteiger partial charge in [-0.15, -0.1) is 0 Å². The van der Waals surface area contributed by atoms with E-state index in [-0.39, 0.29) is 5.91 Å². The fourth-order valence-electron chi connectivity index (χ4n) is 1.91. The van der Waals surface area contributed by atoms with Crippen molar-refractivity contribution in [3.05, 3.63) is 29.3 Å². The topological polar surface area (TPSA) is 72.2 Å². The van der Waals surface area contributed by atoms with E-state index in [1.807, 2.05) is 32.0 Å². The van der Waals surface area contributed by atoms with Crippen molar-refractivity contribution < 1.29 is 9.59 Å². The van der Waals surface area contributed by atoms with Crippen LogP contribution in [-0.2, 0) is 9.59 Å². The molecule has 17 heavy (non-hydrogen) atoms. The number of hydrogen-bond acceptors (Lipinski definition) is 2. The number of nitrogens with one attached hydrogen (secondary N) is 1. The third-order valence-corrected chi connectivity index (χ3v) is 3.29. The Labute approximate surface area is 100 Å². The normalized spacial score (nSPS) is 16.4. The van der Waals surface area contributed by atoms with E-state index in [9.17, 15) is 9.59 Å². The lowest BCUT2D eigenvalue weighted by molar-refractivity contribution is -0.132. The maximum absolute atomic E-state index is 12.0. The molecular weight excluding hydrogens is 216 g/mol. The van der Waals surface area contributed by atoms with Crippen molar-refractivity contribution in [2.45, 2.75) is 26.7 Å². The molecule has 0 unspecified atom stereocenters. The summed E-state index contributed by atoms with van der Waals surface area (Å²) in [6.07, 6.45) is 1.11. The van der Waals surface area contributed by atoms with Crippen LogP contribution in [0.5, 0.6) is 0 Å². The van der Waals surface area contributed by atoms with Crippen LogP contribution in [0.2, 0.25) is 0 Å². The molecule has 1 aliphatic rings. The Balaban J connectivity index is 2.17. The van der Waals surface area contributed by atoms with E-state index in [2.05, 4.69) is 5.32 Å². The molecule has 2 rings (SSSR count). The van der Waals surface area contributed by atoms with E-state index >= 15 is 0 Å². The zero-order valence-electron chi connectivity index (χ0n) is 10.0. The van der Waals surface area contributed by atoms with E-state index in [0.29, 0.717) is 12.8 Å². The fourth-order valence-corrected chi connectivity index (χ4v) is 1.91. The molecule has 3 N–H and O–H groups in total. The molecule has 0 saturated heterocycles. The van der Waals surface area contributed by atoms with Crippen molar-refractivity contribution in [2.75, 3.05) is 5.32 Å². The smallest absolute Gasteiger partial charge is 0.240 e. The summed E-state index contributed by atoms with van der Waals surface area (Å²) >= 11 is 0. The van der Waals surface area contributed by atoms with Gasteiger partial charge in [0.15, 0.2) is 0 Å². The Morgan fingerprint density at radius 1 is 1.29 bits per heavy atom. The van der Waals surface area contributed by atoms with Crippen molar-refractivity contribution in [1.29, 1.82) is 0 Å². The van der Waals surface area contributed by atoms with Gasteiger partial charge in [0, 0.05) is 5.69 Å². The number of amides is 2. The molecule has 0 bridgehead atoms. The molecule has 1 aliphatic carbocycles. The van der Waals surface area contributed by atoms with E-state index in [0.717, 1.165) is 16.8 Å². The van der Waals surface area contributed by atoms with Crippen LogP contribution in [0.1, 0.15) is 24.0 Å². The van der Waals surface area contributed by atoms with Gasteiger partial charge in [0.2, 0.25) is 11.8 Å². The highest BCUT2D eigenvalue weighted by molar-refractivity contribution is 6.12. The maximum Gasteiger partial charge on any atom is 0.240 e. The number of nitrogens with two attached hydrogens (primary N) is 1. The van der Waals surface area contributed by atoms with Crippen LogP contribution in [0.4, 0.5) is 5.69 Å². The van der Waals surface area contributed by atoms with Gasteiger partial charge in [-0.2, -0.15) is 0 Å². The van der Waals surface area contributed by atoms with Crippen LogP contribution < -0.4 is 11.1 Å². The van der Waals surface area contributed by atoms with Crippen LogP contribution in [-0.4, -0.2) is 11.8 Å². The number of carbonyl (C=O) groups is 2. The predicted molar refractivity (Wildman–Crippen MR) is 65.4 cm³/mol. The molecule has 0 heterocycles. The molecule has 0 spiro atoms. The number of primary amides is 1. The number of carbonyl (C=O) groups excluding carboxylic acids is 2. The van der Waals surface area contributed by atoms with Crippen LogP contribution in [0.15, 0.2) is 18.2 Å². The van der Waals surface area contributed by atoms with Crippen molar-refractivity contribution in [1.82, 2.24) is 0 Å². The van der Waals surface area contributed by atoms with E-state index in [1.54, 1.807) is 0 Å². The summed E-state index contributed by atoms with van der Waals surface area (Å²) in [5, 5.41) is 2.78. The number of rotatable bonds is 3. The van der Waals surface area contributed by atoms with Gasteiger partial charge in [0.1, 0.15) is 5.41 Å². The molecule has 2 amide bonds. The molecule has 4 heteroatoms. The van der Waals surface area contributed by atoms with Crippen LogP contribution >= 0.6 is 0 Å². The number of aryl methyl sites for hydroxylation is 2. The average Bonchev–Trinajstić information content (AvgIpc) is 3.02. The van der Waals surface area contributed by atoms with Gasteiger partial charge >= 0.3 is 0 Å². The Bertz CT molecular complexity index is 490. The lowest BCUT2D eigenvalue weighted by Crippen LogP contribution is -2.36. The van der Waals surface area contributed by atoms with Gasteiger partial charge in [0.25, 0.3) is 0 Å². The van der Waals surface area contributed by atoms with Crippen molar-refractivity contribution in [3.8, 4) is 0 Å². The minimum Gasteiger partial charge on any atom is -0.369 e. The molecule has 0 atom stereocenters. The first-order chi connectivity index (χ1) is 7.95. The third-order valence-electron chi connectivity index (χ3n) is 3.29. The van der Waals surface area contributed by atoms with Crippen molar-refractivity contribution >= 4 is 17.5 Å². The van der Waals surface area contributed by atoms with Crippen LogP contribution in [0, 0.1) is 19.3 Å². The molecule has 90 valence electrons. The minimum absolute atomic E-state index is 0.281. The summed E-state index contributed by atoms with van der Waals surface area (Å²) in [5.41, 5.74) is 7.15. The summed E-state index contributed by atoms with van der Waals surface area (Å²) in [7, 11) is 0. The summed E-state index contributed by atoms with van der Waals surface area (Å²) in [6.45, 7) is 3.91. The summed E-state index contributed by atoms with van der Waals surface area (Å²) in [6, 6.07) is 5.76. The summed E-state index contributed by atoms with van der Waals surface area (Å²) < 4.78 is 0. The first-order valence-electron chi connectivity index (χ1n) is 5.64. The third kappa shape index (κ3) is 2.02. The van der Waals surface area contributed by atoms with E-state index in [4.69, 9.17) is 5.73 Å². The first kappa shape index (κ1) is 11.6. The van der Waals surface area contributed by atoms with Gasteiger partial charge < -0.3 is 11.1 Å². The number of anilines is 1. The van der Waals surface area contributed by atoms with Gasteiger partial charge in [-0.1, -0.05) is 17.7 Å². The van der Waals surface area contributed by atoms with Gasteiger partial charge in [-0.25, -0.2) is 0 Å². The number of hydrogen-bond donors (Lipinski definition) is 2. The predicted octanol–water partition coefficient (Wildman–Crippen LogP) is 1.51. The Morgan fingerprint density at radius 3 is 2.41 bits per heavy atom. The van der Waals surface area contributed by atoms with Crippen LogP contribution in [0.25, 0.3) is 0 Å². The largest absolute Gasteiger partial charge is 0.369 e. The van der Waals surface area contributed by atoms with Crippen LogP contribution in [0.3, 0.4) is 0 Å². The average molecular weight is 232 g/mol. The molecule has 1 saturated carbocycles. The highest BCUT2D eigenvalue weighted by atomic mass is 16.2. The SMILES string of the molecule is Cc1ccc(NC(=O)C2(C(N)=O)CC2)c(C)c1. The minimum atomic E-state index is -0.961. The standard InChI is InChI=1S/C13H16N2O2/c1-8-3-4-10(9(2)7-8)15-12(17)13(5-6-13)11(14)16/h3-4,7H,5-6H2,1-2H3,(H2,14,16)(H,15,17). The second kappa shape index (κ2) is 3.87. The molecule has 4 nitrogen and oxygen atoms in total. The Hall–Kier alpha value is -1.84. The van der Waals surface area contributed by atoms with Crippen molar-refractivity contribution in [3.63, 3.8) is 0 Å². The maximum atomic E-state index is 12.0. The Kier molecular flexibility index (Phi) is 2.65. The first-order valence-corrected chi connectivity index (χ1v) is 5.64. The lowest BCUT2D eigenvalue weighted by Gasteiger charge is -2.13. The van der Waals surface area contributed by atoms with E-state index in [1.165, 1.54) is 0 Å². The summed E-state index contributed by atoms with van der Waals surface area (Å²) in [5.74, 6) is -0.809.